The van der Waals surface area contributed by atoms with Crippen molar-refractivity contribution in [3.8, 4) is 0 Å². The highest BCUT2D eigenvalue weighted by molar-refractivity contribution is 5.76. The van der Waals surface area contributed by atoms with Crippen molar-refractivity contribution in [1.29, 1.82) is 0 Å². The number of ether oxygens (including phenoxy) is 2. The molecule has 0 radical (unpaired) electrons. The number of hydrogen-bond acceptors (Lipinski definition) is 5. The standard InChI is InChI=1S/C14H25NO4/c1-10(2)13(16)18-8-9-19-14(17)12(15)11-6-4-3-5-7-11/h10-12H,3-9,15H2,1-2H3. The Bertz CT molecular complexity index is 298. The summed E-state index contributed by atoms with van der Waals surface area (Å²) in [6.45, 7) is 3.69. The Morgan fingerprint density at radius 3 is 2.11 bits per heavy atom. The van der Waals surface area contributed by atoms with Gasteiger partial charge in [-0.15, -0.1) is 0 Å². The predicted molar refractivity (Wildman–Crippen MR) is 71.3 cm³/mol. The molecule has 110 valence electrons. The zero-order valence-corrected chi connectivity index (χ0v) is 11.9. The molecule has 5 heteroatoms. The van der Waals surface area contributed by atoms with Gasteiger partial charge in [0.1, 0.15) is 19.3 Å². The van der Waals surface area contributed by atoms with Gasteiger partial charge < -0.3 is 15.2 Å². The lowest BCUT2D eigenvalue weighted by Crippen LogP contribution is -2.40. The Kier molecular flexibility index (Phi) is 6.84. The molecule has 1 aliphatic carbocycles. The highest BCUT2D eigenvalue weighted by Crippen LogP contribution is 2.26. The van der Waals surface area contributed by atoms with Crippen molar-refractivity contribution in [2.45, 2.75) is 52.0 Å². The minimum atomic E-state index is -0.541. The Hall–Kier alpha value is -1.10. The van der Waals surface area contributed by atoms with E-state index in [4.69, 9.17) is 15.2 Å². The van der Waals surface area contributed by atoms with Crippen molar-refractivity contribution in [1.82, 2.24) is 0 Å². The van der Waals surface area contributed by atoms with E-state index in [-0.39, 0.29) is 37.0 Å². The lowest BCUT2D eigenvalue weighted by atomic mass is 9.84. The van der Waals surface area contributed by atoms with Crippen LogP contribution in [0.3, 0.4) is 0 Å². The van der Waals surface area contributed by atoms with E-state index in [2.05, 4.69) is 0 Å². The van der Waals surface area contributed by atoms with Gasteiger partial charge in [-0.25, -0.2) is 0 Å². The molecule has 0 saturated heterocycles. The van der Waals surface area contributed by atoms with E-state index in [1.165, 1.54) is 6.42 Å². The van der Waals surface area contributed by atoms with Crippen molar-refractivity contribution in [2.24, 2.45) is 17.6 Å². The maximum absolute atomic E-state index is 11.7. The maximum atomic E-state index is 11.7. The van der Waals surface area contributed by atoms with Gasteiger partial charge in [0, 0.05) is 0 Å². The smallest absolute Gasteiger partial charge is 0.323 e. The normalized spacial score (nSPS) is 18.1. The van der Waals surface area contributed by atoms with Crippen LogP contribution in [0.2, 0.25) is 0 Å². The minimum Gasteiger partial charge on any atom is -0.462 e. The summed E-state index contributed by atoms with van der Waals surface area (Å²) < 4.78 is 9.97. The molecule has 19 heavy (non-hydrogen) atoms. The summed E-state index contributed by atoms with van der Waals surface area (Å²) in [5.74, 6) is -0.597. The molecule has 1 rings (SSSR count). The van der Waals surface area contributed by atoms with Gasteiger partial charge in [0.15, 0.2) is 0 Å². The highest BCUT2D eigenvalue weighted by atomic mass is 16.6. The van der Waals surface area contributed by atoms with Crippen molar-refractivity contribution in [3.63, 3.8) is 0 Å². The molecule has 0 aromatic rings. The average Bonchev–Trinajstić information content (AvgIpc) is 2.43. The van der Waals surface area contributed by atoms with Crippen LogP contribution in [0.1, 0.15) is 46.0 Å². The fourth-order valence-corrected chi connectivity index (χ4v) is 2.23. The monoisotopic (exact) mass is 271 g/mol. The summed E-state index contributed by atoms with van der Waals surface area (Å²) in [4.78, 5) is 22.9. The third-order valence-electron chi connectivity index (χ3n) is 3.47. The van der Waals surface area contributed by atoms with Crippen LogP contribution in [0.5, 0.6) is 0 Å². The molecule has 1 atom stereocenters. The van der Waals surface area contributed by atoms with E-state index in [0.717, 1.165) is 25.7 Å². The third-order valence-corrected chi connectivity index (χ3v) is 3.47. The van der Waals surface area contributed by atoms with Crippen LogP contribution in [0.25, 0.3) is 0 Å². The van der Waals surface area contributed by atoms with Crippen molar-refractivity contribution >= 4 is 11.9 Å². The lowest BCUT2D eigenvalue weighted by Gasteiger charge is -2.25. The fraction of sp³-hybridized carbons (Fsp3) is 0.857. The molecular weight excluding hydrogens is 246 g/mol. The van der Waals surface area contributed by atoms with Gasteiger partial charge in [-0.3, -0.25) is 9.59 Å². The zero-order valence-electron chi connectivity index (χ0n) is 11.9. The summed E-state index contributed by atoms with van der Waals surface area (Å²) in [5.41, 5.74) is 5.90. The van der Waals surface area contributed by atoms with E-state index >= 15 is 0 Å². The second-order valence-electron chi connectivity index (χ2n) is 5.41. The Morgan fingerprint density at radius 1 is 1.05 bits per heavy atom. The van der Waals surface area contributed by atoms with Crippen LogP contribution in [0.4, 0.5) is 0 Å². The molecule has 1 aliphatic rings. The largest absolute Gasteiger partial charge is 0.462 e. The first-order valence-corrected chi connectivity index (χ1v) is 7.11. The second kappa shape index (κ2) is 8.15. The number of hydrogen-bond donors (Lipinski definition) is 1. The molecule has 0 amide bonds. The minimum absolute atomic E-state index is 0.0811. The Labute approximate surface area is 114 Å². The van der Waals surface area contributed by atoms with Crippen LogP contribution in [-0.4, -0.2) is 31.2 Å². The molecule has 1 saturated carbocycles. The molecule has 1 unspecified atom stereocenters. The average molecular weight is 271 g/mol. The van der Waals surface area contributed by atoms with Gasteiger partial charge in [-0.05, 0) is 18.8 Å². The quantitative estimate of drug-likeness (QED) is 0.587. The summed E-state index contributed by atoms with van der Waals surface area (Å²) in [6.07, 6.45) is 5.50. The Balaban J connectivity index is 2.17. The summed E-state index contributed by atoms with van der Waals surface area (Å²) in [7, 11) is 0. The van der Waals surface area contributed by atoms with Crippen molar-refractivity contribution < 1.29 is 19.1 Å². The maximum Gasteiger partial charge on any atom is 0.323 e. The molecule has 0 aromatic carbocycles. The number of esters is 2. The summed E-state index contributed by atoms with van der Waals surface area (Å²) in [6, 6.07) is -0.541. The van der Waals surface area contributed by atoms with Gasteiger partial charge in [0.05, 0.1) is 5.92 Å². The van der Waals surface area contributed by atoms with Crippen LogP contribution in [0, 0.1) is 11.8 Å². The molecule has 2 N–H and O–H groups in total. The SMILES string of the molecule is CC(C)C(=O)OCCOC(=O)C(N)C1CCCCC1. The predicted octanol–water partition coefficient (Wildman–Crippen LogP) is 1.64. The van der Waals surface area contributed by atoms with E-state index in [9.17, 15) is 9.59 Å². The van der Waals surface area contributed by atoms with Crippen molar-refractivity contribution in [3.05, 3.63) is 0 Å². The number of carbonyl (C=O) groups is 2. The first kappa shape index (κ1) is 16.0. The molecule has 1 fully saturated rings. The van der Waals surface area contributed by atoms with Gasteiger partial charge in [0.25, 0.3) is 0 Å². The molecular formula is C14H25NO4. The van der Waals surface area contributed by atoms with Crippen LogP contribution < -0.4 is 5.73 Å². The number of rotatable bonds is 6. The fourth-order valence-electron chi connectivity index (χ4n) is 2.23. The first-order chi connectivity index (χ1) is 9.02. The van der Waals surface area contributed by atoms with Gasteiger partial charge in [-0.1, -0.05) is 33.1 Å². The third kappa shape index (κ3) is 5.59. The molecule has 0 aliphatic heterocycles. The molecule has 0 bridgehead atoms. The van der Waals surface area contributed by atoms with E-state index < -0.39 is 6.04 Å². The van der Waals surface area contributed by atoms with E-state index in [1.54, 1.807) is 13.8 Å². The summed E-state index contributed by atoms with van der Waals surface area (Å²) >= 11 is 0. The van der Waals surface area contributed by atoms with Crippen LogP contribution in [0.15, 0.2) is 0 Å². The van der Waals surface area contributed by atoms with Crippen LogP contribution >= 0.6 is 0 Å². The number of nitrogens with two attached hydrogens (primary N) is 1. The van der Waals surface area contributed by atoms with E-state index in [1.807, 2.05) is 0 Å². The zero-order chi connectivity index (χ0) is 14.3. The molecule has 5 nitrogen and oxygen atoms in total. The van der Waals surface area contributed by atoms with Gasteiger partial charge >= 0.3 is 11.9 Å². The molecule has 0 heterocycles. The molecule has 0 spiro atoms. The van der Waals surface area contributed by atoms with E-state index in [0.29, 0.717) is 0 Å². The second-order valence-corrected chi connectivity index (χ2v) is 5.41. The van der Waals surface area contributed by atoms with Crippen LogP contribution in [-0.2, 0) is 19.1 Å². The van der Waals surface area contributed by atoms with Crippen molar-refractivity contribution in [2.75, 3.05) is 13.2 Å². The highest BCUT2D eigenvalue weighted by Gasteiger charge is 2.27. The van der Waals surface area contributed by atoms with Gasteiger partial charge in [0.2, 0.25) is 0 Å². The lowest BCUT2D eigenvalue weighted by molar-refractivity contribution is -0.155. The summed E-state index contributed by atoms with van der Waals surface area (Å²) in [5, 5.41) is 0. The topological polar surface area (TPSA) is 78.6 Å². The van der Waals surface area contributed by atoms with Gasteiger partial charge in [-0.2, -0.15) is 0 Å². The first-order valence-electron chi connectivity index (χ1n) is 7.11. The number of carbonyl (C=O) groups excluding carboxylic acids is 2. The Morgan fingerprint density at radius 2 is 1.58 bits per heavy atom. The molecule has 0 aromatic heterocycles.